The molecule has 18 heavy (non-hydrogen) atoms. The Kier molecular flexibility index (Phi) is 3.99. The van der Waals surface area contributed by atoms with Crippen molar-refractivity contribution in [3.8, 4) is 0 Å². The van der Waals surface area contributed by atoms with E-state index in [1.807, 2.05) is 13.1 Å². The van der Waals surface area contributed by atoms with E-state index in [-0.39, 0.29) is 22.9 Å². The van der Waals surface area contributed by atoms with E-state index in [9.17, 15) is 4.79 Å². The molecule has 0 fully saturated rings. The fourth-order valence-electron chi connectivity index (χ4n) is 1.56. The SMILES string of the molecule is CCn1cc(CC(=O)c2ncc(Cl)cc2Cl)cn1. The first-order chi connectivity index (χ1) is 8.60. The number of Topliss-reactive ketones (excluding diaryl/α,β-unsaturated/α-hetero) is 1. The number of hydrogen-bond donors (Lipinski definition) is 0. The monoisotopic (exact) mass is 283 g/mol. The van der Waals surface area contributed by atoms with Crippen LogP contribution in [0.25, 0.3) is 0 Å². The Hall–Kier alpha value is -1.39. The summed E-state index contributed by atoms with van der Waals surface area (Å²) in [6.45, 7) is 2.75. The van der Waals surface area contributed by atoms with Gasteiger partial charge in [0.2, 0.25) is 0 Å². The molecule has 0 atom stereocenters. The summed E-state index contributed by atoms with van der Waals surface area (Å²) in [5.41, 5.74) is 1.08. The second kappa shape index (κ2) is 5.50. The van der Waals surface area contributed by atoms with Gasteiger partial charge in [-0.05, 0) is 18.6 Å². The van der Waals surface area contributed by atoms with Gasteiger partial charge >= 0.3 is 0 Å². The molecule has 0 aliphatic heterocycles. The van der Waals surface area contributed by atoms with E-state index in [1.165, 1.54) is 12.3 Å². The first-order valence-corrected chi connectivity index (χ1v) is 6.21. The van der Waals surface area contributed by atoms with Crippen molar-refractivity contribution in [1.82, 2.24) is 14.8 Å². The highest BCUT2D eigenvalue weighted by Crippen LogP contribution is 2.19. The molecule has 0 saturated heterocycles. The predicted molar refractivity (Wildman–Crippen MR) is 70.2 cm³/mol. The number of pyridine rings is 1. The van der Waals surface area contributed by atoms with Gasteiger partial charge in [0.15, 0.2) is 5.78 Å². The number of ketones is 1. The zero-order valence-electron chi connectivity index (χ0n) is 9.73. The number of aromatic nitrogens is 3. The molecule has 0 aliphatic carbocycles. The highest BCUT2D eigenvalue weighted by atomic mass is 35.5. The highest BCUT2D eigenvalue weighted by molar-refractivity contribution is 6.36. The molecule has 6 heteroatoms. The summed E-state index contributed by atoms with van der Waals surface area (Å²) >= 11 is 11.7. The minimum atomic E-state index is -0.146. The molecule has 0 aliphatic rings. The van der Waals surface area contributed by atoms with E-state index < -0.39 is 0 Å². The summed E-state index contributed by atoms with van der Waals surface area (Å²) in [7, 11) is 0. The van der Waals surface area contributed by atoms with Gasteiger partial charge in [-0.2, -0.15) is 5.10 Å². The van der Waals surface area contributed by atoms with Gasteiger partial charge in [-0.1, -0.05) is 23.2 Å². The third-order valence-electron chi connectivity index (χ3n) is 2.45. The van der Waals surface area contributed by atoms with Crippen LogP contribution in [0.1, 0.15) is 23.0 Å². The molecule has 0 aromatic carbocycles. The van der Waals surface area contributed by atoms with Gasteiger partial charge in [-0.3, -0.25) is 9.48 Å². The molecule has 0 spiro atoms. The fourth-order valence-corrected chi connectivity index (χ4v) is 2.04. The number of carbonyl (C=O) groups is 1. The third-order valence-corrected chi connectivity index (χ3v) is 2.94. The maximum absolute atomic E-state index is 12.0. The van der Waals surface area contributed by atoms with Crippen molar-refractivity contribution in [1.29, 1.82) is 0 Å². The maximum atomic E-state index is 12.0. The number of carbonyl (C=O) groups excluding carboxylic acids is 1. The average Bonchev–Trinajstić information content (AvgIpc) is 2.76. The molecule has 0 N–H and O–H groups in total. The topological polar surface area (TPSA) is 47.8 Å². The van der Waals surface area contributed by atoms with Gasteiger partial charge in [0, 0.05) is 25.4 Å². The minimum Gasteiger partial charge on any atom is -0.292 e. The van der Waals surface area contributed by atoms with Gasteiger partial charge in [0.1, 0.15) is 5.69 Å². The Balaban J connectivity index is 2.16. The van der Waals surface area contributed by atoms with E-state index in [2.05, 4.69) is 10.1 Å². The summed E-state index contributed by atoms with van der Waals surface area (Å²) < 4.78 is 1.76. The van der Waals surface area contributed by atoms with Crippen molar-refractivity contribution in [3.05, 3.63) is 46.0 Å². The van der Waals surface area contributed by atoms with Gasteiger partial charge < -0.3 is 0 Å². The molecule has 2 aromatic rings. The van der Waals surface area contributed by atoms with Gasteiger partial charge in [-0.25, -0.2) is 4.98 Å². The summed E-state index contributed by atoms with van der Waals surface area (Å²) in [5, 5.41) is 4.79. The zero-order chi connectivity index (χ0) is 13.1. The minimum absolute atomic E-state index is 0.146. The van der Waals surface area contributed by atoms with Crippen molar-refractivity contribution in [3.63, 3.8) is 0 Å². The normalized spacial score (nSPS) is 10.6. The second-order valence-corrected chi connectivity index (χ2v) is 4.63. The third kappa shape index (κ3) is 2.89. The van der Waals surface area contributed by atoms with Crippen LogP contribution in [0.4, 0.5) is 0 Å². The lowest BCUT2D eigenvalue weighted by atomic mass is 10.1. The van der Waals surface area contributed by atoms with Crippen molar-refractivity contribution in [2.75, 3.05) is 0 Å². The van der Waals surface area contributed by atoms with Crippen LogP contribution in [-0.2, 0) is 13.0 Å². The Morgan fingerprint density at radius 2 is 2.17 bits per heavy atom. The molecular formula is C12H11Cl2N3O. The Morgan fingerprint density at radius 3 is 2.78 bits per heavy atom. The zero-order valence-corrected chi connectivity index (χ0v) is 11.2. The van der Waals surface area contributed by atoms with Crippen molar-refractivity contribution in [2.24, 2.45) is 0 Å². The number of halogens is 2. The van der Waals surface area contributed by atoms with Crippen LogP contribution in [-0.4, -0.2) is 20.5 Å². The lowest BCUT2D eigenvalue weighted by molar-refractivity contribution is 0.0988. The molecule has 0 unspecified atom stereocenters. The van der Waals surface area contributed by atoms with Crippen molar-refractivity contribution >= 4 is 29.0 Å². The van der Waals surface area contributed by atoms with Crippen LogP contribution in [0.2, 0.25) is 10.0 Å². The molecular weight excluding hydrogens is 273 g/mol. The smallest absolute Gasteiger partial charge is 0.187 e. The second-order valence-electron chi connectivity index (χ2n) is 3.79. The van der Waals surface area contributed by atoms with Gasteiger partial charge in [-0.15, -0.1) is 0 Å². The quantitative estimate of drug-likeness (QED) is 0.811. The van der Waals surface area contributed by atoms with Gasteiger partial charge in [0.05, 0.1) is 16.2 Å². The highest BCUT2D eigenvalue weighted by Gasteiger charge is 2.14. The molecule has 0 saturated carbocycles. The van der Waals surface area contributed by atoms with Crippen LogP contribution in [0.5, 0.6) is 0 Å². The molecule has 0 amide bonds. The molecule has 0 bridgehead atoms. The first-order valence-electron chi connectivity index (χ1n) is 5.45. The van der Waals surface area contributed by atoms with Crippen LogP contribution in [0.15, 0.2) is 24.7 Å². The van der Waals surface area contributed by atoms with Crippen LogP contribution in [0, 0.1) is 0 Å². The number of rotatable bonds is 4. The maximum Gasteiger partial charge on any atom is 0.187 e. The number of aryl methyl sites for hydroxylation is 1. The Labute approximate surface area is 115 Å². The van der Waals surface area contributed by atoms with Crippen LogP contribution in [0.3, 0.4) is 0 Å². The van der Waals surface area contributed by atoms with Crippen LogP contribution >= 0.6 is 23.2 Å². The van der Waals surface area contributed by atoms with Crippen molar-refractivity contribution < 1.29 is 4.79 Å². The lowest BCUT2D eigenvalue weighted by Crippen LogP contribution is -2.06. The van der Waals surface area contributed by atoms with Crippen LogP contribution < -0.4 is 0 Å². The van der Waals surface area contributed by atoms with E-state index in [0.717, 1.165) is 12.1 Å². The summed E-state index contributed by atoms with van der Waals surface area (Å²) in [6, 6.07) is 1.51. The van der Waals surface area contributed by atoms with Crippen molar-refractivity contribution in [2.45, 2.75) is 19.9 Å². The molecule has 4 nitrogen and oxygen atoms in total. The molecule has 0 radical (unpaired) electrons. The Bertz CT molecular complexity index is 580. The summed E-state index contributed by atoms with van der Waals surface area (Å²) in [4.78, 5) is 16.0. The standard InChI is InChI=1S/C12H11Cl2N3O/c1-2-17-7-8(5-16-17)3-11(18)12-10(14)4-9(13)6-15-12/h4-7H,2-3H2,1H3. The van der Waals surface area contributed by atoms with E-state index in [4.69, 9.17) is 23.2 Å². The molecule has 2 heterocycles. The lowest BCUT2D eigenvalue weighted by Gasteiger charge is -2.01. The Morgan fingerprint density at radius 1 is 1.39 bits per heavy atom. The molecule has 2 aromatic heterocycles. The largest absolute Gasteiger partial charge is 0.292 e. The summed E-state index contributed by atoms with van der Waals surface area (Å²) in [5.74, 6) is -0.146. The molecule has 94 valence electrons. The van der Waals surface area contributed by atoms with E-state index in [0.29, 0.717) is 5.02 Å². The number of nitrogens with zero attached hydrogens (tertiary/aromatic N) is 3. The average molecular weight is 284 g/mol. The molecule has 2 rings (SSSR count). The summed E-state index contributed by atoms with van der Waals surface area (Å²) in [6.07, 6.45) is 5.15. The number of hydrogen-bond acceptors (Lipinski definition) is 3. The van der Waals surface area contributed by atoms with E-state index in [1.54, 1.807) is 10.9 Å². The predicted octanol–water partition coefficient (Wildman–Crippen LogP) is 3.03. The van der Waals surface area contributed by atoms with Gasteiger partial charge in [0.25, 0.3) is 0 Å². The van der Waals surface area contributed by atoms with E-state index >= 15 is 0 Å². The fraction of sp³-hybridized carbons (Fsp3) is 0.250. The first kappa shape index (κ1) is 13.1.